The number of anilines is 1. The van der Waals surface area contributed by atoms with Crippen LogP contribution in [0.3, 0.4) is 0 Å². The minimum Gasteiger partial charge on any atom is -0.360 e. The van der Waals surface area contributed by atoms with Crippen LogP contribution in [0.2, 0.25) is 0 Å². The fourth-order valence-corrected chi connectivity index (χ4v) is 2.12. The molecule has 0 aliphatic carbocycles. The van der Waals surface area contributed by atoms with Gasteiger partial charge in [-0.3, -0.25) is 4.79 Å². The van der Waals surface area contributed by atoms with Crippen molar-refractivity contribution in [2.45, 2.75) is 26.3 Å². The maximum absolute atomic E-state index is 12.2. The molecule has 4 heteroatoms. The Kier molecular flexibility index (Phi) is 5.83. The van der Waals surface area contributed by atoms with Gasteiger partial charge in [0, 0.05) is 26.3 Å². The highest BCUT2D eigenvalue weighted by Gasteiger charge is 2.22. The van der Waals surface area contributed by atoms with E-state index in [-0.39, 0.29) is 11.9 Å². The first-order valence-electron chi connectivity index (χ1n) is 6.72. The maximum Gasteiger partial charge on any atom is 0.244 e. The van der Waals surface area contributed by atoms with Crippen LogP contribution >= 0.6 is 0 Å². The average molecular weight is 263 g/mol. The van der Waals surface area contributed by atoms with Gasteiger partial charge < -0.3 is 15.5 Å². The molecule has 0 radical (unpaired) electrons. The average Bonchev–Trinajstić information content (AvgIpc) is 2.38. The van der Waals surface area contributed by atoms with Crippen LogP contribution in [0.5, 0.6) is 0 Å². The molecule has 0 bridgehead atoms. The summed E-state index contributed by atoms with van der Waals surface area (Å²) in [6, 6.07) is 8.05. The highest BCUT2D eigenvalue weighted by Crippen LogP contribution is 2.19. The minimum atomic E-state index is -0.177. The number of carbonyl (C=O) groups is 1. The predicted octanol–water partition coefficient (Wildman–Crippen LogP) is 1.63. The fraction of sp³-hybridized carbons (Fsp3) is 0.533. The normalized spacial score (nSPS) is 12.1. The number of rotatable bonds is 6. The van der Waals surface area contributed by atoms with Gasteiger partial charge in [0.25, 0.3) is 0 Å². The van der Waals surface area contributed by atoms with Crippen LogP contribution in [0.4, 0.5) is 5.69 Å². The van der Waals surface area contributed by atoms with Gasteiger partial charge in [0.15, 0.2) is 0 Å². The second-order valence-electron chi connectivity index (χ2n) is 5.08. The molecule has 1 rings (SSSR count). The summed E-state index contributed by atoms with van der Waals surface area (Å²) >= 11 is 0. The molecule has 4 nitrogen and oxygen atoms in total. The quantitative estimate of drug-likeness (QED) is 0.848. The zero-order chi connectivity index (χ0) is 14.4. The van der Waals surface area contributed by atoms with E-state index >= 15 is 0 Å². The fourth-order valence-electron chi connectivity index (χ4n) is 2.12. The van der Waals surface area contributed by atoms with Gasteiger partial charge in [0.05, 0.1) is 0 Å². The summed E-state index contributed by atoms with van der Waals surface area (Å²) in [5.74, 6) is 0.110. The number of aryl methyl sites for hydroxylation is 1. The van der Waals surface area contributed by atoms with Crippen LogP contribution < -0.4 is 10.6 Å². The number of likely N-dealkylation sites (N-methyl/N-ethyl adjacent to an activating group) is 1. The molecule has 1 atom stereocenters. The zero-order valence-corrected chi connectivity index (χ0v) is 12.4. The van der Waals surface area contributed by atoms with Gasteiger partial charge in [-0.1, -0.05) is 12.1 Å². The highest BCUT2D eigenvalue weighted by molar-refractivity contribution is 5.84. The molecule has 0 aliphatic heterocycles. The molecule has 19 heavy (non-hydrogen) atoms. The van der Waals surface area contributed by atoms with Crippen LogP contribution in [0, 0.1) is 6.92 Å². The lowest BCUT2D eigenvalue weighted by atomic mass is 10.1. The monoisotopic (exact) mass is 263 g/mol. The first-order chi connectivity index (χ1) is 8.97. The Balaban J connectivity index is 2.97. The molecular weight excluding hydrogens is 238 g/mol. The van der Waals surface area contributed by atoms with Gasteiger partial charge in [-0.15, -0.1) is 0 Å². The largest absolute Gasteiger partial charge is 0.360 e. The van der Waals surface area contributed by atoms with E-state index in [1.54, 1.807) is 19.0 Å². The molecule has 0 fully saturated rings. The summed E-state index contributed by atoms with van der Waals surface area (Å²) < 4.78 is 0. The van der Waals surface area contributed by atoms with Gasteiger partial charge in [0.1, 0.15) is 6.04 Å². The number of carbonyl (C=O) groups excluding carboxylic acids is 1. The molecule has 0 heterocycles. The zero-order valence-electron chi connectivity index (χ0n) is 12.4. The summed E-state index contributed by atoms with van der Waals surface area (Å²) in [6.45, 7) is 5.43. The smallest absolute Gasteiger partial charge is 0.244 e. The lowest BCUT2D eigenvalue weighted by Gasteiger charge is -2.32. The van der Waals surface area contributed by atoms with Gasteiger partial charge in [0.2, 0.25) is 5.91 Å². The van der Waals surface area contributed by atoms with Crippen molar-refractivity contribution in [1.29, 1.82) is 0 Å². The predicted molar refractivity (Wildman–Crippen MR) is 80.4 cm³/mol. The van der Waals surface area contributed by atoms with Gasteiger partial charge in [-0.2, -0.15) is 0 Å². The molecule has 2 N–H and O–H groups in total. The molecule has 1 aromatic rings. The van der Waals surface area contributed by atoms with E-state index in [2.05, 4.69) is 24.0 Å². The second kappa shape index (κ2) is 7.14. The number of amides is 1. The molecule has 0 saturated heterocycles. The molecule has 1 amide bonds. The minimum absolute atomic E-state index is 0.110. The summed E-state index contributed by atoms with van der Waals surface area (Å²) in [7, 11) is 3.58. The third-order valence-corrected chi connectivity index (χ3v) is 3.20. The Hall–Kier alpha value is -1.55. The van der Waals surface area contributed by atoms with Crippen molar-refractivity contribution in [3.8, 4) is 0 Å². The van der Waals surface area contributed by atoms with E-state index in [1.807, 2.05) is 19.1 Å². The lowest BCUT2D eigenvalue weighted by molar-refractivity contribution is -0.129. The highest BCUT2D eigenvalue weighted by atomic mass is 16.2. The van der Waals surface area contributed by atoms with Crippen molar-refractivity contribution >= 4 is 11.6 Å². The van der Waals surface area contributed by atoms with Gasteiger partial charge in [-0.05, 0) is 44.5 Å². The number of hydrogen-bond acceptors (Lipinski definition) is 3. The van der Waals surface area contributed by atoms with E-state index in [0.29, 0.717) is 6.54 Å². The third-order valence-electron chi connectivity index (χ3n) is 3.20. The van der Waals surface area contributed by atoms with Crippen molar-refractivity contribution in [2.75, 3.05) is 32.1 Å². The van der Waals surface area contributed by atoms with Crippen molar-refractivity contribution in [2.24, 2.45) is 5.73 Å². The Labute approximate surface area is 116 Å². The van der Waals surface area contributed by atoms with Gasteiger partial charge in [-0.25, -0.2) is 0 Å². The molecule has 0 saturated carbocycles. The Morgan fingerprint density at radius 1 is 1.37 bits per heavy atom. The summed E-state index contributed by atoms with van der Waals surface area (Å²) in [5, 5.41) is 0. The van der Waals surface area contributed by atoms with E-state index in [1.165, 1.54) is 5.56 Å². The van der Waals surface area contributed by atoms with E-state index < -0.39 is 0 Å². The molecular formula is C15H25N3O. The SMILES string of the molecule is Cc1cccc(N(CCCN)C(C)C(=O)N(C)C)c1. The van der Waals surface area contributed by atoms with Crippen LogP contribution in [0.1, 0.15) is 18.9 Å². The summed E-state index contributed by atoms with van der Waals surface area (Å²) in [5.41, 5.74) is 7.87. The van der Waals surface area contributed by atoms with E-state index in [4.69, 9.17) is 5.73 Å². The molecule has 106 valence electrons. The van der Waals surface area contributed by atoms with Crippen molar-refractivity contribution < 1.29 is 4.79 Å². The molecule has 0 aliphatic rings. The third kappa shape index (κ3) is 4.24. The van der Waals surface area contributed by atoms with Crippen molar-refractivity contribution in [3.05, 3.63) is 29.8 Å². The number of hydrogen-bond donors (Lipinski definition) is 1. The number of nitrogens with zero attached hydrogens (tertiary/aromatic N) is 2. The molecule has 1 aromatic carbocycles. The number of nitrogens with two attached hydrogens (primary N) is 1. The Morgan fingerprint density at radius 2 is 2.05 bits per heavy atom. The first-order valence-corrected chi connectivity index (χ1v) is 6.72. The van der Waals surface area contributed by atoms with Crippen LogP contribution in [-0.4, -0.2) is 44.0 Å². The van der Waals surface area contributed by atoms with Crippen molar-refractivity contribution in [1.82, 2.24) is 4.90 Å². The van der Waals surface area contributed by atoms with Crippen LogP contribution in [0.15, 0.2) is 24.3 Å². The maximum atomic E-state index is 12.2. The molecule has 1 unspecified atom stereocenters. The number of benzene rings is 1. The molecule has 0 spiro atoms. The summed E-state index contributed by atoms with van der Waals surface area (Å²) in [6.07, 6.45) is 0.874. The Morgan fingerprint density at radius 3 is 2.58 bits per heavy atom. The van der Waals surface area contributed by atoms with E-state index in [0.717, 1.165) is 18.7 Å². The first kappa shape index (κ1) is 15.5. The Bertz CT molecular complexity index is 418. The topological polar surface area (TPSA) is 49.6 Å². The second-order valence-corrected chi connectivity index (χ2v) is 5.08. The molecule has 0 aromatic heterocycles. The van der Waals surface area contributed by atoms with E-state index in [9.17, 15) is 4.79 Å². The van der Waals surface area contributed by atoms with Crippen molar-refractivity contribution in [3.63, 3.8) is 0 Å². The van der Waals surface area contributed by atoms with Gasteiger partial charge >= 0.3 is 0 Å². The lowest BCUT2D eigenvalue weighted by Crippen LogP contribution is -2.45. The summed E-state index contributed by atoms with van der Waals surface area (Å²) in [4.78, 5) is 15.9. The van der Waals surface area contributed by atoms with Crippen LogP contribution in [-0.2, 0) is 4.79 Å². The standard InChI is InChI=1S/C15H25N3O/c1-12-7-5-8-14(11-12)18(10-6-9-16)13(2)15(19)17(3)4/h5,7-8,11,13H,6,9-10,16H2,1-4H3. The van der Waals surface area contributed by atoms with Crippen LogP contribution in [0.25, 0.3) is 0 Å².